The number of aryl methyl sites for hydroxylation is 2. The van der Waals surface area contributed by atoms with Gasteiger partial charge in [0.2, 0.25) is 5.91 Å². The SMILES string of the molecule is Cc1nn(CCC(=O)NCCN2CCC[C@H]2C)c(C)c1[N+](=O)[O-]. The Labute approximate surface area is 136 Å². The summed E-state index contributed by atoms with van der Waals surface area (Å²) >= 11 is 0. The largest absolute Gasteiger partial charge is 0.355 e. The van der Waals surface area contributed by atoms with E-state index < -0.39 is 4.92 Å². The molecule has 0 saturated carbocycles. The number of hydrogen-bond acceptors (Lipinski definition) is 5. The van der Waals surface area contributed by atoms with Crippen molar-refractivity contribution in [3.8, 4) is 0 Å². The third-order valence-corrected chi connectivity index (χ3v) is 4.49. The van der Waals surface area contributed by atoms with E-state index in [-0.39, 0.29) is 18.0 Å². The summed E-state index contributed by atoms with van der Waals surface area (Å²) in [5.74, 6) is -0.0490. The third-order valence-electron chi connectivity index (χ3n) is 4.49. The molecule has 8 heteroatoms. The van der Waals surface area contributed by atoms with Crippen molar-refractivity contribution in [3.05, 3.63) is 21.5 Å². The molecule has 0 radical (unpaired) electrons. The summed E-state index contributed by atoms with van der Waals surface area (Å²) in [6, 6.07) is 0.599. The molecule has 23 heavy (non-hydrogen) atoms. The zero-order valence-corrected chi connectivity index (χ0v) is 14.0. The van der Waals surface area contributed by atoms with E-state index in [9.17, 15) is 14.9 Å². The van der Waals surface area contributed by atoms with E-state index in [0.29, 0.717) is 30.5 Å². The van der Waals surface area contributed by atoms with Crippen LogP contribution in [0.3, 0.4) is 0 Å². The van der Waals surface area contributed by atoms with E-state index in [4.69, 9.17) is 0 Å². The first-order valence-corrected chi connectivity index (χ1v) is 8.09. The minimum absolute atomic E-state index is 0.0356. The number of nitrogens with one attached hydrogen (secondary N) is 1. The second kappa shape index (κ2) is 7.54. The van der Waals surface area contributed by atoms with Crippen LogP contribution in [0.5, 0.6) is 0 Å². The lowest BCUT2D eigenvalue weighted by molar-refractivity contribution is -0.386. The molecule has 0 bridgehead atoms. The first-order chi connectivity index (χ1) is 10.9. The molecule has 128 valence electrons. The van der Waals surface area contributed by atoms with Crippen LogP contribution in [0, 0.1) is 24.0 Å². The van der Waals surface area contributed by atoms with Gasteiger partial charge >= 0.3 is 5.69 Å². The van der Waals surface area contributed by atoms with Gasteiger partial charge in [0.1, 0.15) is 11.4 Å². The highest BCUT2D eigenvalue weighted by molar-refractivity contribution is 5.75. The Bertz CT molecular complexity index is 584. The molecule has 1 amide bonds. The average Bonchev–Trinajstić information content (AvgIpc) is 3.00. The molecule has 1 aromatic rings. The predicted molar refractivity (Wildman–Crippen MR) is 86.3 cm³/mol. The maximum absolute atomic E-state index is 11.9. The van der Waals surface area contributed by atoms with Gasteiger partial charge in [-0.05, 0) is 40.2 Å². The van der Waals surface area contributed by atoms with Gasteiger partial charge in [0.15, 0.2) is 0 Å². The van der Waals surface area contributed by atoms with Gasteiger partial charge in [-0.2, -0.15) is 5.10 Å². The summed E-state index contributed by atoms with van der Waals surface area (Å²) in [5, 5.41) is 18.0. The number of nitrogens with zero attached hydrogens (tertiary/aromatic N) is 4. The van der Waals surface area contributed by atoms with Crippen LogP contribution >= 0.6 is 0 Å². The maximum atomic E-state index is 11.9. The molecule has 0 spiro atoms. The van der Waals surface area contributed by atoms with E-state index in [1.165, 1.54) is 17.5 Å². The zero-order chi connectivity index (χ0) is 17.0. The molecule has 0 aromatic carbocycles. The standard InChI is InChI=1S/C15H25N5O3/c1-11-5-4-8-18(11)10-7-16-14(21)6-9-19-13(3)15(20(22)23)12(2)17-19/h11H,4-10H2,1-3H3,(H,16,21)/t11-/m1/s1. The molecule has 1 aliphatic heterocycles. The fourth-order valence-electron chi connectivity index (χ4n) is 3.13. The highest BCUT2D eigenvalue weighted by atomic mass is 16.6. The van der Waals surface area contributed by atoms with Crippen LogP contribution in [-0.4, -0.2) is 51.2 Å². The fourth-order valence-corrected chi connectivity index (χ4v) is 3.13. The predicted octanol–water partition coefficient (Wildman–Crippen LogP) is 1.40. The number of aromatic nitrogens is 2. The van der Waals surface area contributed by atoms with Gasteiger partial charge in [0.25, 0.3) is 0 Å². The van der Waals surface area contributed by atoms with Gasteiger partial charge in [0, 0.05) is 25.6 Å². The third kappa shape index (κ3) is 4.28. The average molecular weight is 323 g/mol. The number of carbonyl (C=O) groups is 1. The van der Waals surface area contributed by atoms with Gasteiger partial charge in [-0.15, -0.1) is 0 Å². The van der Waals surface area contributed by atoms with Crippen molar-refractivity contribution in [2.24, 2.45) is 0 Å². The van der Waals surface area contributed by atoms with Gasteiger partial charge in [-0.25, -0.2) is 0 Å². The van der Waals surface area contributed by atoms with E-state index >= 15 is 0 Å². The molecule has 2 heterocycles. The topological polar surface area (TPSA) is 93.3 Å². The van der Waals surface area contributed by atoms with Crippen LogP contribution in [0.1, 0.15) is 37.6 Å². The van der Waals surface area contributed by atoms with Crippen molar-refractivity contribution in [3.63, 3.8) is 0 Å². The van der Waals surface area contributed by atoms with Gasteiger partial charge in [-0.3, -0.25) is 24.5 Å². The van der Waals surface area contributed by atoms with Crippen molar-refractivity contribution in [2.75, 3.05) is 19.6 Å². The molecule has 1 atom stereocenters. The Balaban J connectivity index is 1.76. The molecule has 2 rings (SSSR count). The summed E-state index contributed by atoms with van der Waals surface area (Å²) in [4.78, 5) is 24.8. The quantitative estimate of drug-likeness (QED) is 0.605. The molecule has 0 unspecified atom stereocenters. The van der Waals surface area contributed by atoms with Crippen LogP contribution in [0.2, 0.25) is 0 Å². The second-order valence-electron chi connectivity index (χ2n) is 6.13. The van der Waals surface area contributed by atoms with Crippen molar-refractivity contribution in [1.29, 1.82) is 0 Å². The molecule has 1 N–H and O–H groups in total. The summed E-state index contributed by atoms with van der Waals surface area (Å²) in [5.41, 5.74) is 0.913. The molecule has 1 aliphatic rings. The Morgan fingerprint density at radius 2 is 2.17 bits per heavy atom. The van der Waals surface area contributed by atoms with Crippen LogP contribution in [-0.2, 0) is 11.3 Å². The number of carbonyl (C=O) groups excluding carboxylic acids is 1. The van der Waals surface area contributed by atoms with Crippen molar-refractivity contribution < 1.29 is 9.72 Å². The Hall–Kier alpha value is -1.96. The van der Waals surface area contributed by atoms with Crippen LogP contribution in [0.25, 0.3) is 0 Å². The molecule has 0 aliphatic carbocycles. The fraction of sp³-hybridized carbons (Fsp3) is 0.733. The molecular formula is C15H25N5O3. The number of amides is 1. The first-order valence-electron chi connectivity index (χ1n) is 8.09. The van der Waals surface area contributed by atoms with Crippen LogP contribution < -0.4 is 5.32 Å². The minimum atomic E-state index is -0.425. The van der Waals surface area contributed by atoms with Crippen LogP contribution in [0.15, 0.2) is 0 Å². The smallest absolute Gasteiger partial charge is 0.312 e. The van der Waals surface area contributed by atoms with Crippen LogP contribution in [0.4, 0.5) is 5.69 Å². The lowest BCUT2D eigenvalue weighted by Gasteiger charge is -2.20. The molecule has 1 aromatic heterocycles. The summed E-state index contributed by atoms with van der Waals surface area (Å²) in [6.45, 7) is 8.45. The zero-order valence-electron chi connectivity index (χ0n) is 14.0. The Kier molecular flexibility index (Phi) is 5.70. The van der Waals surface area contributed by atoms with Crippen molar-refractivity contribution in [2.45, 2.75) is 52.6 Å². The number of likely N-dealkylation sites (tertiary alicyclic amines) is 1. The first kappa shape index (κ1) is 17.4. The van der Waals surface area contributed by atoms with Gasteiger partial charge in [0.05, 0.1) is 11.5 Å². The summed E-state index contributed by atoms with van der Waals surface area (Å²) < 4.78 is 1.54. The number of rotatable bonds is 7. The summed E-state index contributed by atoms with van der Waals surface area (Å²) in [7, 11) is 0. The molecular weight excluding hydrogens is 298 g/mol. The lowest BCUT2D eigenvalue weighted by atomic mass is 10.2. The highest BCUT2D eigenvalue weighted by Gasteiger charge is 2.22. The molecule has 1 saturated heterocycles. The van der Waals surface area contributed by atoms with E-state index in [0.717, 1.165) is 13.1 Å². The van der Waals surface area contributed by atoms with E-state index in [1.54, 1.807) is 13.8 Å². The maximum Gasteiger partial charge on any atom is 0.312 e. The van der Waals surface area contributed by atoms with E-state index in [1.807, 2.05) is 0 Å². The summed E-state index contributed by atoms with van der Waals surface area (Å²) in [6.07, 6.45) is 2.73. The van der Waals surface area contributed by atoms with Crippen molar-refractivity contribution in [1.82, 2.24) is 20.0 Å². The normalized spacial score (nSPS) is 18.3. The van der Waals surface area contributed by atoms with Gasteiger partial charge < -0.3 is 5.32 Å². The number of hydrogen-bond donors (Lipinski definition) is 1. The Morgan fingerprint density at radius 3 is 2.74 bits per heavy atom. The lowest BCUT2D eigenvalue weighted by Crippen LogP contribution is -2.36. The number of nitro groups is 1. The van der Waals surface area contributed by atoms with Gasteiger partial charge in [-0.1, -0.05) is 0 Å². The van der Waals surface area contributed by atoms with E-state index in [2.05, 4.69) is 22.2 Å². The second-order valence-corrected chi connectivity index (χ2v) is 6.13. The molecule has 1 fully saturated rings. The van der Waals surface area contributed by atoms with Crippen molar-refractivity contribution >= 4 is 11.6 Å². The molecule has 8 nitrogen and oxygen atoms in total. The minimum Gasteiger partial charge on any atom is -0.355 e. The highest BCUT2D eigenvalue weighted by Crippen LogP contribution is 2.21. The Morgan fingerprint density at radius 1 is 1.43 bits per heavy atom. The monoisotopic (exact) mass is 323 g/mol.